The SMILES string of the molecule is Cc1cccc(N2CCC(O)C2(C)C)c1C. The third kappa shape index (κ3) is 1.61. The first kappa shape index (κ1) is 11.5. The van der Waals surface area contributed by atoms with Crippen LogP contribution >= 0.6 is 0 Å². The average Bonchev–Trinajstić information content (AvgIpc) is 2.48. The van der Waals surface area contributed by atoms with Gasteiger partial charge in [0, 0.05) is 12.2 Å². The van der Waals surface area contributed by atoms with Crippen LogP contribution in [-0.2, 0) is 0 Å². The Morgan fingerprint density at radius 2 is 2.00 bits per heavy atom. The molecule has 1 aliphatic rings. The Hall–Kier alpha value is -1.02. The molecule has 2 rings (SSSR count). The van der Waals surface area contributed by atoms with E-state index in [-0.39, 0.29) is 11.6 Å². The molecule has 1 N–H and O–H groups in total. The van der Waals surface area contributed by atoms with Gasteiger partial charge in [-0.2, -0.15) is 0 Å². The first-order valence-electron chi connectivity index (χ1n) is 5.96. The number of aliphatic hydroxyl groups is 1. The molecule has 0 amide bonds. The van der Waals surface area contributed by atoms with Crippen molar-refractivity contribution in [2.75, 3.05) is 11.4 Å². The molecule has 1 aliphatic heterocycles. The number of anilines is 1. The molecule has 1 aromatic carbocycles. The van der Waals surface area contributed by atoms with E-state index < -0.39 is 0 Å². The Balaban J connectivity index is 2.42. The summed E-state index contributed by atoms with van der Waals surface area (Å²) in [5.41, 5.74) is 3.75. The number of benzene rings is 1. The molecule has 2 heteroatoms. The van der Waals surface area contributed by atoms with Crippen molar-refractivity contribution < 1.29 is 5.11 Å². The maximum atomic E-state index is 10.0. The van der Waals surface area contributed by atoms with Crippen LogP contribution in [0.15, 0.2) is 18.2 Å². The number of nitrogens with zero attached hydrogens (tertiary/aromatic N) is 1. The lowest BCUT2D eigenvalue weighted by Gasteiger charge is -2.36. The Kier molecular flexibility index (Phi) is 2.70. The molecule has 88 valence electrons. The van der Waals surface area contributed by atoms with E-state index in [2.05, 4.69) is 50.8 Å². The predicted molar refractivity (Wildman–Crippen MR) is 68.0 cm³/mol. The minimum absolute atomic E-state index is 0.154. The van der Waals surface area contributed by atoms with E-state index in [0.29, 0.717) is 0 Å². The third-order valence-electron chi connectivity index (χ3n) is 4.00. The van der Waals surface area contributed by atoms with Crippen LogP contribution in [0.2, 0.25) is 0 Å². The topological polar surface area (TPSA) is 23.5 Å². The second-order valence-corrected chi connectivity index (χ2v) is 5.33. The number of hydrogen-bond donors (Lipinski definition) is 1. The van der Waals surface area contributed by atoms with Crippen LogP contribution in [0.4, 0.5) is 5.69 Å². The fraction of sp³-hybridized carbons (Fsp3) is 0.571. The normalized spacial score (nSPS) is 23.8. The molecule has 0 radical (unpaired) electrons. The molecule has 1 unspecified atom stereocenters. The van der Waals surface area contributed by atoms with Gasteiger partial charge >= 0.3 is 0 Å². The van der Waals surface area contributed by atoms with E-state index in [0.717, 1.165) is 13.0 Å². The number of hydrogen-bond acceptors (Lipinski definition) is 2. The minimum Gasteiger partial charge on any atom is -0.391 e. The highest BCUT2D eigenvalue weighted by Gasteiger charge is 2.40. The Labute approximate surface area is 97.9 Å². The largest absolute Gasteiger partial charge is 0.391 e. The second-order valence-electron chi connectivity index (χ2n) is 5.33. The van der Waals surface area contributed by atoms with Crippen molar-refractivity contribution in [3.05, 3.63) is 29.3 Å². The second kappa shape index (κ2) is 3.77. The average molecular weight is 219 g/mol. The molecular formula is C14H21NO. The summed E-state index contributed by atoms with van der Waals surface area (Å²) in [7, 11) is 0. The lowest BCUT2D eigenvalue weighted by Crippen LogP contribution is -2.45. The van der Waals surface area contributed by atoms with Gasteiger partial charge < -0.3 is 10.0 Å². The lowest BCUT2D eigenvalue weighted by molar-refractivity contribution is 0.127. The van der Waals surface area contributed by atoms with Crippen LogP contribution in [0.1, 0.15) is 31.4 Å². The Morgan fingerprint density at radius 1 is 1.31 bits per heavy atom. The van der Waals surface area contributed by atoms with E-state index in [4.69, 9.17) is 0 Å². The van der Waals surface area contributed by atoms with Crippen LogP contribution in [0, 0.1) is 13.8 Å². The fourth-order valence-electron chi connectivity index (χ4n) is 2.53. The standard InChI is InChI=1S/C14H21NO/c1-10-6-5-7-12(11(10)2)15-9-8-13(16)14(15,3)4/h5-7,13,16H,8-9H2,1-4H3. The van der Waals surface area contributed by atoms with Crippen molar-refractivity contribution in [1.82, 2.24) is 0 Å². The summed E-state index contributed by atoms with van der Waals surface area (Å²) >= 11 is 0. The molecule has 0 saturated carbocycles. The van der Waals surface area contributed by atoms with Gasteiger partial charge in [0.25, 0.3) is 0 Å². The number of rotatable bonds is 1. The molecule has 2 nitrogen and oxygen atoms in total. The molecule has 0 bridgehead atoms. The van der Waals surface area contributed by atoms with Crippen LogP contribution in [0.3, 0.4) is 0 Å². The maximum absolute atomic E-state index is 10.0. The van der Waals surface area contributed by atoms with Crippen molar-refractivity contribution >= 4 is 5.69 Å². The summed E-state index contributed by atoms with van der Waals surface area (Å²) in [4.78, 5) is 2.33. The van der Waals surface area contributed by atoms with Gasteiger partial charge in [-0.05, 0) is 51.3 Å². The van der Waals surface area contributed by atoms with Crippen LogP contribution in [0.25, 0.3) is 0 Å². The Bertz CT molecular complexity index is 398. The quantitative estimate of drug-likeness (QED) is 0.785. The number of aryl methyl sites for hydroxylation is 1. The van der Waals surface area contributed by atoms with Gasteiger partial charge in [-0.3, -0.25) is 0 Å². The Morgan fingerprint density at radius 3 is 2.56 bits per heavy atom. The molecule has 16 heavy (non-hydrogen) atoms. The van der Waals surface area contributed by atoms with E-state index in [9.17, 15) is 5.11 Å². The highest BCUT2D eigenvalue weighted by atomic mass is 16.3. The van der Waals surface area contributed by atoms with Crippen molar-refractivity contribution in [3.8, 4) is 0 Å². The van der Waals surface area contributed by atoms with E-state index in [1.165, 1.54) is 16.8 Å². The zero-order chi connectivity index (χ0) is 11.9. The van der Waals surface area contributed by atoms with Gasteiger partial charge in [-0.1, -0.05) is 12.1 Å². The smallest absolute Gasteiger partial charge is 0.0783 e. The molecule has 1 saturated heterocycles. The van der Waals surface area contributed by atoms with Crippen LogP contribution in [-0.4, -0.2) is 23.3 Å². The summed E-state index contributed by atoms with van der Waals surface area (Å²) in [6, 6.07) is 6.39. The van der Waals surface area contributed by atoms with Crippen molar-refractivity contribution in [3.63, 3.8) is 0 Å². The first-order valence-corrected chi connectivity index (χ1v) is 5.96. The minimum atomic E-state index is -0.229. The maximum Gasteiger partial charge on any atom is 0.0783 e. The lowest BCUT2D eigenvalue weighted by atomic mass is 9.97. The van der Waals surface area contributed by atoms with Crippen molar-refractivity contribution in [2.45, 2.75) is 45.8 Å². The zero-order valence-corrected chi connectivity index (χ0v) is 10.6. The highest BCUT2D eigenvalue weighted by Crippen LogP contribution is 2.36. The van der Waals surface area contributed by atoms with Gasteiger partial charge in [0.05, 0.1) is 11.6 Å². The van der Waals surface area contributed by atoms with Crippen molar-refractivity contribution in [2.24, 2.45) is 0 Å². The summed E-state index contributed by atoms with van der Waals surface area (Å²) < 4.78 is 0. The first-order chi connectivity index (χ1) is 7.44. The zero-order valence-electron chi connectivity index (χ0n) is 10.6. The highest BCUT2D eigenvalue weighted by molar-refractivity contribution is 5.58. The summed E-state index contributed by atoms with van der Waals surface area (Å²) in [5, 5.41) is 10.0. The summed E-state index contributed by atoms with van der Waals surface area (Å²) in [6.07, 6.45) is 0.632. The molecule has 1 heterocycles. The molecule has 1 atom stereocenters. The summed E-state index contributed by atoms with van der Waals surface area (Å²) in [6.45, 7) is 9.47. The molecule has 0 aromatic heterocycles. The molecule has 1 fully saturated rings. The van der Waals surface area contributed by atoms with Gasteiger partial charge in [0.15, 0.2) is 0 Å². The van der Waals surface area contributed by atoms with E-state index >= 15 is 0 Å². The molecule has 0 aliphatic carbocycles. The summed E-state index contributed by atoms with van der Waals surface area (Å²) in [5.74, 6) is 0. The van der Waals surface area contributed by atoms with Gasteiger partial charge in [-0.15, -0.1) is 0 Å². The third-order valence-corrected chi connectivity index (χ3v) is 4.00. The van der Waals surface area contributed by atoms with E-state index in [1.54, 1.807) is 0 Å². The number of aliphatic hydroxyl groups excluding tert-OH is 1. The molecule has 0 spiro atoms. The van der Waals surface area contributed by atoms with Crippen molar-refractivity contribution in [1.29, 1.82) is 0 Å². The van der Waals surface area contributed by atoms with Crippen LogP contribution < -0.4 is 4.90 Å². The monoisotopic (exact) mass is 219 g/mol. The molecular weight excluding hydrogens is 198 g/mol. The van der Waals surface area contributed by atoms with Gasteiger partial charge in [-0.25, -0.2) is 0 Å². The van der Waals surface area contributed by atoms with E-state index in [1.807, 2.05) is 0 Å². The fourth-order valence-corrected chi connectivity index (χ4v) is 2.53. The van der Waals surface area contributed by atoms with Gasteiger partial charge in [0.1, 0.15) is 0 Å². The molecule has 1 aromatic rings. The predicted octanol–water partition coefficient (Wildman–Crippen LogP) is 2.65. The van der Waals surface area contributed by atoms with Gasteiger partial charge in [0.2, 0.25) is 0 Å². The van der Waals surface area contributed by atoms with Crippen LogP contribution in [0.5, 0.6) is 0 Å².